The summed E-state index contributed by atoms with van der Waals surface area (Å²) in [6.45, 7) is 2.44. The number of hydrogen-bond donors (Lipinski definition) is 1. The Bertz CT molecular complexity index is 366. The van der Waals surface area contributed by atoms with Crippen LogP contribution in [-0.4, -0.2) is 31.1 Å². The van der Waals surface area contributed by atoms with E-state index in [4.69, 9.17) is 11.6 Å². The number of anilines is 1. The lowest BCUT2D eigenvalue weighted by Crippen LogP contribution is -2.22. The van der Waals surface area contributed by atoms with Crippen LogP contribution in [0.2, 0.25) is 5.02 Å². The van der Waals surface area contributed by atoms with Gasteiger partial charge in [0.25, 0.3) is 0 Å². The second kappa shape index (κ2) is 5.87. The minimum absolute atomic E-state index is 0.338. The van der Waals surface area contributed by atoms with E-state index in [0.29, 0.717) is 23.6 Å². The molecule has 3 nitrogen and oxygen atoms in total. The largest absolute Gasteiger partial charge is 0.393 e. The molecule has 0 aliphatic carbocycles. The van der Waals surface area contributed by atoms with E-state index in [2.05, 4.69) is 0 Å². The predicted octanol–water partition coefficient (Wildman–Crippen LogP) is 2.36. The van der Waals surface area contributed by atoms with Crippen LogP contribution >= 0.6 is 11.6 Å². The van der Waals surface area contributed by atoms with Crippen molar-refractivity contribution in [2.24, 2.45) is 0 Å². The summed E-state index contributed by atoms with van der Waals surface area (Å²) in [5.74, 6) is 0. The molecule has 0 amide bonds. The van der Waals surface area contributed by atoms with Crippen LogP contribution < -0.4 is 4.90 Å². The van der Waals surface area contributed by atoms with Gasteiger partial charge in [-0.3, -0.25) is 4.79 Å². The number of benzene rings is 1. The van der Waals surface area contributed by atoms with Gasteiger partial charge in [-0.25, -0.2) is 0 Å². The smallest absolute Gasteiger partial charge is 0.152 e. The van der Waals surface area contributed by atoms with Crippen molar-refractivity contribution in [2.75, 3.05) is 18.5 Å². The monoisotopic (exact) mass is 241 g/mol. The Morgan fingerprint density at radius 3 is 2.81 bits per heavy atom. The Balaban J connectivity index is 2.81. The summed E-state index contributed by atoms with van der Waals surface area (Å²) in [5.41, 5.74) is 1.40. The Morgan fingerprint density at radius 1 is 1.56 bits per heavy atom. The number of aldehydes is 1. The van der Waals surface area contributed by atoms with Crippen molar-refractivity contribution in [1.29, 1.82) is 0 Å². The molecule has 0 spiro atoms. The molecule has 0 bridgehead atoms. The molecule has 0 saturated carbocycles. The van der Waals surface area contributed by atoms with Gasteiger partial charge in [0.1, 0.15) is 0 Å². The normalized spacial score (nSPS) is 12.2. The zero-order chi connectivity index (χ0) is 12.1. The van der Waals surface area contributed by atoms with Gasteiger partial charge in [0, 0.05) is 29.9 Å². The lowest BCUT2D eigenvalue weighted by atomic mass is 10.1. The SMILES string of the molecule is CC(O)CCN(C)c1ccc(Cl)cc1C=O. The molecule has 1 rings (SSSR count). The standard InChI is InChI=1S/C12H16ClNO2/c1-9(16)5-6-14(2)12-4-3-11(13)7-10(12)8-15/h3-4,7-9,16H,5-6H2,1-2H3. The van der Waals surface area contributed by atoms with Crippen molar-refractivity contribution >= 4 is 23.6 Å². The Kier molecular flexibility index (Phi) is 4.77. The summed E-state index contributed by atoms with van der Waals surface area (Å²) >= 11 is 5.81. The zero-order valence-electron chi connectivity index (χ0n) is 9.48. The van der Waals surface area contributed by atoms with Crippen LogP contribution in [0.4, 0.5) is 5.69 Å². The van der Waals surface area contributed by atoms with Gasteiger partial charge in [-0.2, -0.15) is 0 Å². The van der Waals surface area contributed by atoms with E-state index in [9.17, 15) is 9.90 Å². The second-order valence-corrected chi connectivity index (χ2v) is 4.32. The lowest BCUT2D eigenvalue weighted by molar-refractivity contribution is 0.112. The summed E-state index contributed by atoms with van der Waals surface area (Å²) in [5, 5.41) is 9.75. The molecule has 0 aliphatic rings. The summed E-state index contributed by atoms with van der Waals surface area (Å²) in [6.07, 6.45) is 1.12. The van der Waals surface area contributed by atoms with Gasteiger partial charge >= 0.3 is 0 Å². The summed E-state index contributed by atoms with van der Waals surface area (Å²) in [7, 11) is 1.89. The lowest BCUT2D eigenvalue weighted by Gasteiger charge is -2.21. The third-order valence-electron chi connectivity index (χ3n) is 2.41. The van der Waals surface area contributed by atoms with Gasteiger partial charge < -0.3 is 10.0 Å². The second-order valence-electron chi connectivity index (χ2n) is 3.88. The van der Waals surface area contributed by atoms with Gasteiger partial charge in [0.05, 0.1) is 6.10 Å². The van der Waals surface area contributed by atoms with Crippen LogP contribution in [0.5, 0.6) is 0 Å². The number of carbonyl (C=O) groups excluding carboxylic acids is 1. The fraction of sp³-hybridized carbons (Fsp3) is 0.417. The highest BCUT2D eigenvalue weighted by Gasteiger charge is 2.08. The number of carbonyl (C=O) groups is 1. The van der Waals surface area contributed by atoms with Gasteiger partial charge in [0.2, 0.25) is 0 Å². The topological polar surface area (TPSA) is 40.5 Å². The van der Waals surface area contributed by atoms with Crippen molar-refractivity contribution in [3.63, 3.8) is 0 Å². The fourth-order valence-electron chi connectivity index (χ4n) is 1.47. The van der Waals surface area contributed by atoms with E-state index in [-0.39, 0.29) is 6.10 Å². The van der Waals surface area contributed by atoms with E-state index >= 15 is 0 Å². The first-order chi connectivity index (χ1) is 7.54. The Morgan fingerprint density at radius 2 is 2.25 bits per heavy atom. The molecule has 0 heterocycles. The van der Waals surface area contributed by atoms with E-state index in [1.807, 2.05) is 18.0 Å². The molecule has 0 aliphatic heterocycles. The maximum Gasteiger partial charge on any atom is 0.152 e. The highest BCUT2D eigenvalue weighted by Crippen LogP contribution is 2.22. The number of aliphatic hydroxyl groups is 1. The first-order valence-corrected chi connectivity index (χ1v) is 5.56. The molecule has 16 heavy (non-hydrogen) atoms. The molecule has 4 heteroatoms. The van der Waals surface area contributed by atoms with Crippen molar-refractivity contribution in [2.45, 2.75) is 19.4 Å². The van der Waals surface area contributed by atoms with Crippen LogP contribution in [-0.2, 0) is 0 Å². The van der Waals surface area contributed by atoms with E-state index in [1.54, 1.807) is 19.1 Å². The summed E-state index contributed by atoms with van der Waals surface area (Å²) < 4.78 is 0. The maximum absolute atomic E-state index is 10.9. The van der Waals surface area contributed by atoms with Crippen LogP contribution in [0.1, 0.15) is 23.7 Å². The third kappa shape index (κ3) is 3.51. The molecule has 1 unspecified atom stereocenters. The van der Waals surface area contributed by atoms with Crippen LogP contribution in [0, 0.1) is 0 Å². The number of hydrogen-bond acceptors (Lipinski definition) is 3. The molecular formula is C12H16ClNO2. The third-order valence-corrected chi connectivity index (χ3v) is 2.65. The van der Waals surface area contributed by atoms with Gasteiger partial charge in [-0.1, -0.05) is 11.6 Å². The van der Waals surface area contributed by atoms with Gasteiger partial charge in [-0.15, -0.1) is 0 Å². The highest BCUT2D eigenvalue weighted by molar-refractivity contribution is 6.31. The van der Waals surface area contributed by atoms with Crippen molar-refractivity contribution in [1.82, 2.24) is 0 Å². The van der Waals surface area contributed by atoms with Crippen LogP contribution in [0.15, 0.2) is 18.2 Å². The minimum atomic E-state index is -0.338. The minimum Gasteiger partial charge on any atom is -0.393 e. The molecule has 0 fully saturated rings. The molecule has 1 atom stereocenters. The molecule has 88 valence electrons. The number of nitrogens with zero attached hydrogens (tertiary/aromatic N) is 1. The van der Waals surface area contributed by atoms with Gasteiger partial charge in [0.15, 0.2) is 6.29 Å². The number of halogens is 1. The Hall–Kier alpha value is -1.06. The Labute approximate surface area is 101 Å². The van der Waals surface area contributed by atoms with Crippen molar-refractivity contribution in [3.8, 4) is 0 Å². The predicted molar refractivity (Wildman–Crippen MR) is 66.4 cm³/mol. The molecule has 1 aromatic rings. The zero-order valence-corrected chi connectivity index (χ0v) is 10.2. The fourth-order valence-corrected chi connectivity index (χ4v) is 1.65. The molecular weight excluding hydrogens is 226 g/mol. The molecule has 1 N–H and O–H groups in total. The van der Waals surface area contributed by atoms with E-state index < -0.39 is 0 Å². The first-order valence-electron chi connectivity index (χ1n) is 5.18. The van der Waals surface area contributed by atoms with Crippen molar-refractivity contribution in [3.05, 3.63) is 28.8 Å². The highest BCUT2D eigenvalue weighted by atomic mass is 35.5. The van der Waals surface area contributed by atoms with Gasteiger partial charge in [-0.05, 0) is 31.5 Å². The van der Waals surface area contributed by atoms with Crippen molar-refractivity contribution < 1.29 is 9.90 Å². The molecule has 0 saturated heterocycles. The molecule has 1 aromatic carbocycles. The average molecular weight is 242 g/mol. The maximum atomic E-state index is 10.9. The molecule has 0 radical (unpaired) electrons. The quantitative estimate of drug-likeness (QED) is 0.805. The summed E-state index contributed by atoms with van der Waals surface area (Å²) in [4.78, 5) is 12.8. The van der Waals surface area contributed by atoms with E-state index in [1.165, 1.54) is 0 Å². The first kappa shape index (κ1) is 13.0. The van der Waals surface area contributed by atoms with Crippen LogP contribution in [0.3, 0.4) is 0 Å². The van der Waals surface area contributed by atoms with E-state index in [0.717, 1.165) is 12.0 Å². The molecule has 0 aromatic heterocycles. The number of rotatable bonds is 5. The van der Waals surface area contributed by atoms with Crippen LogP contribution in [0.25, 0.3) is 0 Å². The number of aliphatic hydroxyl groups excluding tert-OH is 1. The summed E-state index contributed by atoms with van der Waals surface area (Å²) in [6, 6.07) is 5.21. The average Bonchev–Trinajstić information content (AvgIpc) is 2.25.